The maximum absolute atomic E-state index is 13.4. The molecule has 2 aliphatic rings. The van der Waals surface area contributed by atoms with Gasteiger partial charge in [-0.15, -0.1) is 0 Å². The molecule has 0 aromatic heterocycles. The first kappa shape index (κ1) is 17.9. The Morgan fingerprint density at radius 1 is 1.24 bits per heavy atom. The lowest BCUT2D eigenvalue weighted by Crippen LogP contribution is -2.45. The van der Waals surface area contributed by atoms with E-state index in [1.54, 1.807) is 4.90 Å². The number of carbonyl (C=O) groups excluding carboxylic acids is 1. The van der Waals surface area contributed by atoms with Crippen molar-refractivity contribution in [2.75, 3.05) is 26.3 Å². The molecule has 1 atom stereocenters. The van der Waals surface area contributed by atoms with E-state index in [2.05, 4.69) is 5.32 Å². The van der Waals surface area contributed by atoms with Gasteiger partial charge in [-0.1, -0.05) is 0 Å². The summed E-state index contributed by atoms with van der Waals surface area (Å²) in [6.45, 7) is 5.38. The van der Waals surface area contributed by atoms with Crippen LogP contribution in [0.4, 0.5) is 8.78 Å². The summed E-state index contributed by atoms with van der Waals surface area (Å²) in [5, 5.41) is 2.64. The van der Waals surface area contributed by atoms with E-state index in [0.29, 0.717) is 44.2 Å². The average molecular weight is 354 g/mol. The highest BCUT2D eigenvalue weighted by atomic mass is 19.3. The Morgan fingerprint density at radius 2 is 1.88 bits per heavy atom. The van der Waals surface area contributed by atoms with Gasteiger partial charge in [0.05, 0.1) is 25.8 Å². The van der Waals surface area contributed by atoms with Gasteiger partial charge in [-0.3, -0.25) is 10.1 Å². The zero-order valence-corrected chi connectivity index (χ0v) is 14.6. The molecule has 1 unspecified atom stereocenters. The summed E-state index contributed by atoms with van der Waals surface area (Å²) in [6, 6.07) is 3.07. The molecule has 2 aliphatic heterocycles. The first-order valence-corrected chi connectivity index (χ1v) is 8.75. The van der Waals surface area contributed by atoms with Crippen molar-refractivity contribution >= 4 is 5.91 Å². The minimum Gasteiger partial charge on any atom is -0.490 e. The Morgan fingerprint density at radius 3 is 2.44 bits per heavy atom. The van der Waals surface area contributed by atoms with E-state index in [1.165, 1.54) is 0 Å². The highest BCUT2D eigenvalue weighted by molar-refractivity contribution is 5.82. The van der Waals surface area contributed by atoms with Gasteiger partial charge in [0.25, 0.3) is 5.92 Å². The van der Waals surface area contributed by atoms with Crippen LogP contribution >= 0.6 is 0 Å². The molecule has 1 amide bonds. The summed E-state index contributed by atoms with van der Waals surface area (Å²) < 4.78 is 38.0. The van der Waals surface area contributed by atoms with Crippen LogP contribution in [0.5, 0.6) is 11.5 Å². The molecule has 0 aliphatic carbocycles. The number of rotatable bonds is 5. The van der Waals surface area contributed by atoms with Crippen molar-refractivity contribution in [2.24, 2.45) is 0 Å². The van der Waals surface area contributed by atoms with Gasteiger partial charge in [0.15, 0.2) is 11.5 Å². The fourth-order valence-electron chi connectivity index (χ4n) is 3.40. The molecule has 1 N–H and O–H groups in total. The third kappa shape index (κ3) is 3.86. The van der Waals surface area contributed by atoms with E-state index in [-0.39, 0.29) is 5.91 Å². The predicted molar refractivity (Wildman–Crippen MR) is 89.3 cm³/mol. The lowest BCUT2D eigenvalue weighted by atomic mass is 9.98. The van der Waals surface area contributed by atoms with Gasteiger partial charge < -0.3 is 14.4 Å². The minimum atomic E-state index is -2.80. The molecule has 25 heavy (non-hydrogen) atoms. The number of hydrogen-bond acceptors (Lipinski definition) is 4. The standard InChI is InChI=1S/C18H24F2N2O3/c1-3-24-15-7-12-5-6-22(10-13(12)8-16(15)25-4-2)17(23)14-9-18(19,20)11-21-14/h7-8,14,21H,3-6,9-11H2,1-2H3. The molecule has 138 valence electrons. The predicted octanol–water partition coefficient (Wildman–Crippen LogP) is 2.37. The summed E-state index contributed by atoms with van der Waals surface area (Å²) in [6.07, 6.45) is 0.249. The summed E-state index contributed by atoms with van der Waals surface area (Å²) in [5.74, 6) is -1.69. The number of fused-ring (bicyclic) bond motifs is 1. The molecule has 0 radical (unpaired) electrons. The molecule has 0 spiro atoms. The van der Waals surface area contributed by atoms with E-state index in [9.17, 15) is 13.6 Å². The third-order valence-corrected chi connectivity index (χ3v) is 4.60. The number of benzene rings is 1. The van der Waals surface area contributed by atoms with Gasteiger partial charge >= 0.3 is 0 Å². The van der Waals surface area contributed by atoms with E-state index >= 15 is 0 Å². The highest BCUT2D eigenvalue weighted by Gasteiger charge is 2.43. The lowest BCUT2D eigenvalue weighted by molar-refractivity contribution is -0.134. The van der Waals surface area contributed by atoms with Crippen LogP contribution in [0.25, 0.3) is 0 Å². The van der Waals surface area contributed by atoms with E-state index in [0.717, 1.165) is 11.1 Å². The number of hydrogen-bond donors (Lipinski definition) is 1. The molecule has 1 fully saturated rings. The normalized spacial score (nSPS) is 21.8. The molecule has 0 bridgehead atoms. The monoisotopic (exact) mass is 354 g/mol. The summed E-state index contributed by atoms with van der Waals surface area (Å²) in [4.78, 5) is 14.2. The SMILES string of the molecule is CCOc1cc2c(cc1OCC)CN(C(=O)C1CC(F)(F)CN1)CC2. The Bertz CT molecular complexity index is 651. The first-order valence-electron chi connectivity index (χ1n) is 8.75. The van der Waals surface area contributed by atoms with Gasteiger partial charge in [0.1, 0.15) is 0 Å². The molecule has 3 rings (SSSR count). The van der Waals surface area contributed by atoms with Crippen molar-refractivity contribution < 1.29 is 23.0 Å². The molecule has 1 saturated heterocycles. The smallest absolute Gasteiger partial charge is 0.262 e. The Labute approximate surface area is 146 Å². The number of ether oxygens (including phenoxy) is 2. The van der Waals surface area contributed by atoms with Crippen LogP contribution in [-0.2, 0) is 17.8 Å². The summed E-state index contributed by atoms with van der Waals surface area (Å²) >= 11 is 0. The van der Waals surface area contributed by atoms with Crippen molar-refractivity contribution in [3.63, 3.8) is 0 Å². The second kappa shape index (κ2) is 7.15. The maximum Gasteiger partial charge on any atom is 0.262 e. The Hall–Kier alpha value is -1.89. The summed E-state index contributed by atoms with van der Waals surface area (Å²) in [5.41, 5.74) is 2.09. The van der Waals surface area contributed by atoms with Crippen molar-refractivity contribution in [1.82, 2.24) is 10.2 Å². The fraction of sp³-hybridized carbons (Fsp3) is 0.611. The zero-order chi connectivity index (χ0) is 18.0. The quantitative estimate of drug-likeness (QED) is 0.882. The first-order chi connectivity index (χ1) is 11.9. The second-order valence-corrected chi connectivity index (χ2v) is 6.44. The number of carbonyl (C=O) groups is 1. The van der Waals surface area contributed by atoms with Crippen molar-refractivity contribution in [2.45, 2.75) is 45.2 Å². The molecule has 1 aromatic rings. The summed E-state index contributed by atoms with van der Waals surface area (Å²) in [7, 11) is 0. The molecule has 0 saturated carbocycles. The molecule has 5 nitrogen and oxygen atoms in total. The number of nitrogens with one attached hydrogen (secondary N) is 1. The van der Waals surface area contributed by atoms with Gasteiger partial charge in [-0.05, 0) is 43.5 Å². The van der Waals surface area contributed by atoms with Gasteiger partial charge in [-0.2, -0.15) is 0 Å². The fourth-order valence-corrected chi connectivity index (χ4v) is 3.40. The maximum atomic E-state index is 13.4. The highest BCUT2D eigenvalue weighted by Crippen LogP contribution is 2.34. The van der Waals surface area contributed by atoms with E-state index in [1.807, 2.05) is 26.0 Å². The van der Waals surface area contributed by atoms with Crippen LogP contribution in [0.15, 0.2) is 12.1 Å². The van der Waals surface area contributed by atoms with Crippen molar-refractivity contribution in [3.8, 4) is 11.5 Å². The van der Waals surface area contributed by atoms with Crippen LogP contribution in [0.2, 0.25) is 0 Å². The Kier molecular flexibility index (Phi) is 5.13. The topological polar surface area (TPSA) is 50.8 Å². The number of nitrogens with zero attached hydrogens (tertiary/aromatic N) is 1. The average Bonchev–Trinajstić information content (AvgIpc) is 2.95. The largest absolute Gasteiger partial charge is 0.490 e. The van der Waals surface area contributed by atoms with Gasteiger partial charge in [0, 0.05) is 19.5 Å². The molecule has 1 aromatic carbocycles. The van der Waals surface area contributed by atoms with Crippen molar-refractivity contribution in [3.05, 3.63) is 23.3 Å². The number of alkyl halides is 2. The number of halogens is 2. The zero-order valence-electron chi connectivity index (χ0n) is 14.6. The molecular weight excluding hydrogens is 330 g/mol. The van der Waals surface area contributed by atoms with Crippen LogP contribution in [0, 0.1) is 0 Å². The van der Waals surface area contributed by atoms with Crippen LogP contribution in [0.1, 0.15) is 31.4 Å². The van der Waals surface area contributed by atoms with Crippen LogP contribution < -0.4 is 14.8 Å². The number of amides is 1. The van der Waals surface area contributed by atoms with E-state index < -0.39 is 24.9 Å². The Balaban J connectivity index is 1.76. The van der Waals surface area contributed by atoms with Gasteiger partial charge in [0.2, 0.25) is 5.91 Å². The van der Waals surface area contributed by atoms with Crippen LogP contribution in [-0.4, -0.2) is 49.1 Å². The van der Waals surface area contributed by atoms with Gasteiger partial charge in [-0.25, -0.2) is 8.78 Å². The second-order valence-electron chi connectivity index (χ2n) is 6.44. The molecule has 7 heteroatoms. The third-order valence-electron chi connectivity index (χ3n) is 4.60. The minimum absolute atomic E-state index is 0.255. The van der Waals surface area contributed by atoms with E-state index in [4.69, 9.17) is 9.47 Å². The lowest BCUT2D eigenvalue weighted by Gasteiger charge is -2.31. The molecular formula is C18H24F2N2O3. The van der Waals surface area contributed by atoms with Crippen LogP contribution in [0.3, 0.4) is 0 Å². The molecule has 2 heterocycles. The van der Waals surface area contributed by atoms with Crippen molar-refractivity contribution in [1.29, 1.82) is 0 Å².